The third-order valence-electron chi connectivity index (χ3n) is 3.78. The number of benzene rings is 2. The molecular formula is C19H17ClN4O4S. The predicted molar refractivity (Wildman–Crippen MR) is 111 cm³/mol. The molecule has 10 heteroatoms. The van der Waals surface area contributed by atoms with Crippen LogP contribution < -0.4 is 10.1 Å². The lowest BCUT2D eigenvalue weighted by Crippen LogP contribution is -2.14. The van der Waals surface area contributed by atoms with Gasteiger partial charge >= 0.3 is 5.97 Å². The van der Waals surface area contributed by atoms with Gasteiger partial charge in [0.2, 0.25) is 11.1 Å². The molecule has 0 aliphatic rings. The van der Waals surface area contributed by atoms with Crippen LogP contribution in [-0.2, 0) is 9.53 Å². The highest BCUT2D eigenvalue weighted by Crippen LogP contribution is 2.31. The number of rotatable bonds is 7. The van der Waals surface area contributed by atoms with Gasteiger partial charge in [0.25, 0.3) is 0 Å². The van der Waals surface area contributed by atoms with Crippen molar-refractivity contribution < 1.29 is 19.1 Å². The van der Waals surface area contributed by atoms with Crippen LogP contribution in [0, 0.1) is 0 Å². The number of H-pyrrole nitrogens is 1. The molecule has 0 aliphatic heterocycles. The van der Waals surface area contributed by atoms with Gasteiger partial charge in [-0.2, -0.15) is 0 Å². The molecular weight excluding hydrogens is 416 g/mol. The smallest absolute Gasteiger partial charge is 0.337 e. The molecule has 8 nitrogen and oxygen atoms in total. The first-order valence-electron chi connectivity index (χ1n) is 8.37. The molecule has 0 saturated carbocycles. The number of carbonyl (C=O) groups is 2. The molecule has 29 heavy (non-hydrogen) atoms. The molecule has 0 bridgehead atoms. The lowest BCUT2D eigenvalue weighted by molar-refractivity contribution is -0.113. The third kappa shape index (κ3) is 5.27. The molecule has 0 unspecified atom stereocenters. The number of carbonyl (C=O) groups excluding carboxylic acids is 2. The van der Waals surface area contributed by atoms with Gasteiger partial charge in [-0.3, -0.25) is 9.89 Å². The van der Waals surface area contributed by atoms with Gasteiger partial charge in [0.05, 0.1) is 31.1 Å². The summed E-state index contributed by atoms with van der Waals surface area (Å²) in [5, 5.41) is 10.6. The summed E-state index contributed by atoms with van der Waals surface area (Å²) in [4.78, 5) is 28.2. The maximum absolute atomic E-state index is 12.2. The Kier molecular flexibility index (Phi) is 6.73. The Bertz CT molecular complexity index is 1040. The van der Waals surface area contributed by atoms with E-state index in [1.807, 2.05) is 0 Å². The predicted octanol–water partition coefficient (Wildman–Crippen LogP) is 3.65. The number of hydrogen-bond acceptors (Lipinski definition) is 7. The van der Waals surface area contributed by atoms with Crippen molar-refractivity contribution in [1.29, 1.82) is 0 Å². The lowest BCUT2D eigenvalue weighted by atomic mass is 10.2. The van der Waals surface area contributed by atoms with E-state index in [0.717, 1.165) is 11.8 Å². The fourth-order valence-electron chi connectivity index (χ4n) is 2.47. The zero-order valence-electron chi connectivity index (χ0n) is 15.6. The molecule has 2 N–H and O–H groups in total. The highest BCUT2D eigenvalue weighted by atomic mass is 35.5. The van der Waals surface area contributed by atoms with E-state index in [0.29, 0.717) is 38.6 Å². The average molecular weight is 433 g/mol. The number of halogens is 1. The molecule has 3 rings (SSSR count). The normalized spacial score (nSPS) is 10.4. The van der Waals surface area contributed by atoms with Crippen LogP contribution in [0.4, 0.5) is 5.69 Å². The van der Waals surface area contributed by atoms with Crippen LogP contribution in [-0.4, -0.2) is 47.0 Å². The van der Waals surface area contributed by atoms with Gasteiger partial charge in [-0.1, -0.05) is 29.4 Å². The summed E-state index contributed by atoms with van der Waals surface area (Å²) < 4.78 is 9.98. The zero-order valence-corrected chi connectivity index (χ0v) is 17.1. The Balaban J connectivity index is 1.62. The van der Waals surface area contributed by atoms with Crippen molar-refractivity contribution in [1.82, 2.24) is 15.2 Å². The Morgan fingerprint density at radius 1 is 1.21 bits per heavy atom. The number of thioether (sulfide) groups is 1. The average Bonchev–Trinajstić information content (AvgIpc) is 3.21. The van der Waals surface area contributed by atoms with Crippen molar-refractivity contribution >= 4 is 40.9 Å². The van der Waals surface area contributed by atoms with Crippen LogP contribution in [0.25, 0.3) is 11.4 Å². The zero-order chi connectivity index (χ0) is 20.8. The summed E-state index contributed by atoms with van der Waals surface area (Å²) in [6.07, 6.45) is 0. The second-order valence-corrected chi connectivity index (χ2v) is 7.10. The van der Waals surface area contributed by atoms with E-state index in [1.165, 1.54) is 7.11 Å². The van der Waals surface area contributed by atoms with Crippen LogP contribution in [0.5, 0.6) is 5.75 Å². The summed E-state index contributed by atoms with van der Waals surface area (Å²) >= 11 is 7.21. The van der Waals surface area contributed by atoms with Crippen molar-refractivity contribution in [2.45, 2.75) is 5.16 Å². The van der Waals surface area contributed by atoms with Gasteiger partial charge in [-0.25, -0.2) is 9.78 Å². The summed E-state index contributed by atoms with van der Waals surface area (Å²) in [5.74, 6) is 0.444. The minimum absolute atomic E-state index is 0.0897. The summed E-state index contributed by atoms with van der Waals surface area (Å²) in [6.45, 7) is 0. The molecule has 3 aromatic rings. The molecule has 1 heterocycles. The van der Waals surface area contributed by atoms with Crippen LogP contribution in [0.2, 0.25) is 5.02 Å². The number of aromatic nitrogens is 3. The first kappa shape index (κ1) is 20.7. The van der Waals surface area contributed by atoms with E-state index < -0.39 is 5.97 Å². The number of nitrogens with zero attached hydrogens (tertiary/aromatic N) is 2. The van der Waals surface area contributed by atoms with Gasteiger partial charge < -0.3 is 14.8 Å². The van der Waals surface area contributed by atoms with Crippen molar-refractivity contribution in [2.24, 2.45) is 0 Å². The molecule has 0 spiro atoms. The number of methoxy groups -OCH3 is 2. The van der Waals surface area contributed by atoms with Crippen molar-refractivity contribution in [3.05, 3.63) is 53.1 Å². The molecule has 0 fully saturated rings. The van der Waals surface area contributed by atoms with Crippen LogP contribution in [0.15, 0.2) is 47.6 Å². The molecule has 0 radical (unpaired) electrons. The van der Waals surface area contributed by atoms with Gasteiger partial charge in [0.1, 0.15) is 5.75 Å². The van der Waals surface area contributed by atoms with Gasteiger partial charge in [-0.15, -0.1) is 5.10 Å². The number of nitrogens with one attached hydrogen (secondary N) is 2. The molecule has 2 aromatic carbocycles. The van der Waals surface area contributed by atoms with Crippen molar-refractivity contribution in [3.8, 4) is 17.1 Å². The highest BCUT2D eigenvalue weighted by molar-refractivity contribution is 7.99. The second kappa shape index (κ2) is 9.44. The number of amides is 1. The van der Waals surface area contributed by atoms with E-state index in [2.05, 4.69) is 25.2 Å². The minimum Gasteiger partial charge on any atom is -0.496 e. The number of aromatic amines is 1. The summed E-state index contributed by atoms with van der Waals surface area (Å²) in [7, 11) is 2.85. The molecule has 0 aliphatic carbocycles. The topological polar surface area (TPSA) is 106 Å². The SMILES string of the molecule is COC(=O)c1cccc(NC(=O)CSc2n[nH]c(-c3cc(Cl)ccc3OC)n2)c1. The standard InChI is InChI=1S/C19H17ClN4O4S/c1-27-15-7-6-12(20)9-14(15)17-22-19(24-23-17)29-10-16(25)21-13-5-3-4-11(8-13)18(26)28-2/h3-9H,10H2,1-2H3,(H,21,25)(H,22,23,24). The molecule has 0 atom stereocenters. The Morgan fingerprint density at radius 2 is 2.03 bits per heavy atom. The van der Waals surface area contributed by atoms with E-state index in [9.17, 15) is 9.59 Å². The molecule has 0 saturated heterocycles. The molecule has 1 amide bonds. The van der Waals surface area contributed by atoms with Crippen LogP contribution in [0.3, 0.4) is 0 Å². The quantitative estimate of drug-likeness (QED) is 0.433. The monoisotopic (exact) mass is 432 g/mol. The largest absolute Gasteiger partial charge is 0.496 e. The Morgan fingerprint density at radius 3 is 2.79 bits per heavy atom. The van der Waals surface area contributed by atoms with Crippen LogP contribution in [0.1, 0.15) is 10.4 Å². The van der Waals surface area contributed by atoms with E-state index in [-0.39, 0.29) is 11.7 Å². The first-order chi connectivity index (χ1) is 14.0. The lowest BCUT2D eigenvalue weighted by Gasteiger charge is -2.06. The molecule has 150 valence electrons. The first-order valence-corrected chi connectivity index (χ1v) is 9.74. The van der Waals surface area contributed by atoms with Gasteiger partial charge in [0.15, 0.2) is 5.82 Å². The molecule has 1 aromatic heterocycles. The number of hydrogen-bond donors (Lipinski definition) is 2. The number of anilines is 1. The summed E-state index contributed by atoms with van der Waals surface area (Å²) in [6, 6.07) is 11.7. The second-order valence-electron chi connectivity index (χ2n) is 5.72. The number of ether oxygens (including phenoxy) is 2. The van der Waals surface area contributed by atoms with Gasteiger partial charge in [-0.05, 0) is 36.4 Å². The maximum atomic E-state index is 12.2. The minimum atomic E-state index is -0.472. The van der Waals surface area contributed by atoms with Gasteiger partial charge in [0, 0.05) is 10.7 Å². The maximum Gasteiger partial charge on any atom is 0.337 e. The van der Waals surface area contributed by atoms with Crippen molar-refractivity contribution in [3.63, 3.8) is 0 Å². The Labute approximate surface area is 176 Å². The van der Waals surface area contributed by atoms with E-state index >= 15 is 0 Å². The number of esters is 1. The fraction of sp³-hybridized carbons (Fsp3) is 0.158. The third-order valence-corrected chi connectivity index (χ3v) is 4.86. The van der Waals surface area contributed by atoms with Crippen molar-refractivity contribution in [2.75, 3.05) is 25.3 Å². The van der Waals surface area contributed by atoms with E-state index in [1.54, 1.807) is 49.6 Å². The van der Waals surface area contributed by atoms with E-state index in [4.69, 9.17) is 16.3 Å². The fourth-order valence-corrected chi connectivity index (χ4v) is 3.24. The summed E-state index contributed by atoms with van der Waals surface area (Å²) in [5.41, 5.74) is 1.52. The Hall–Kier alpha value is -3.04. The highest BCUT2D eigenvalue weighted by Gasteiger charge is 2.14. The van der Waals surface area contributed by atoms with Crippen LogP contribution >= 0.6 is 23.4 Å².